The molecular formula is C11H17NO. The monoisotopic (exact) mass is 179 g/mol. The third-order valence-corrected chi connectivity index (χ3v) is 4.15. The average molecular weight is 179 g/mol. The Morgan fingerprint density at radius 2 is 2.23 bits per heavy atom. The Balaban J connectivity index is 1.90. The zero-order chi connectivity index (χ0) is 9.10. The van der Waals surface area contributed by atoms with Crippen LogP contribution in [0, 0.1) is 5.41 Å². The molecule has 2 saturated heterocycles. The minimum Gasteiger partial charge on any atom is -0.394 e. The quantitative estimate of drug-likeness (QED) is 0.611. The van der Waals surface area contributed by atoms with Gasteiger partial charge in [0.1, 0.15) is 0 Å². The number of rotatable bonds is 1. The molecule has 3 fully saturated rings. The Hall–Kier alpha value is -0.340. The molecule has 2 heterocycles. The Bertz CT molecular complexity index is 269. The standard InChI is InChI=1S/C11H17NO/c1-9-4-11(8-13)6-10(2-3-10)7-12(11)5-9/h13H,1-8H2. The first-order valence-electron chi connectivity index (χ1n) is 5.21. The first-order chi connectivity index (χ1) is 6.18. The molecule has 1 atom stereocenters. The van der Waals surface area contributed by atoms with Gasteiger partial charge >= 0.3 is 0 Å². The van der Waals surface area contributed by atoms with Gasteiger partial charge in [-0.2, -0.15) is 0 Å². The fourth-order valence-electron chi connectivity index (χ4n) is 3.35. The summed E-state index contributed by atoms with van der Waals surface area (Å²) < 4.78 is 0. The molecule has 1 unspecified atom stereocenters. The number of hydrogen-bond acceptors (Lipinski definition) is 2. The molecule has 2 nitrogen and oxygen atoms in total. The van der Waals surface area contributed by atoms with E-state index in [1.807, 2.05) is 0 Å². The third kappa shape index (κ3) is 0.960. The Labute approximate surface area is 79.2 Å². The van der Waals surface area contributed by atoms with Crippen LogP contribution in [-0.4, -0.2) is 35.2 Å². The highest BCUT2D eigenvalue weighted by atomic mass is 16.3. The Kier molecular flexibility index (Phi) is 1.34. The van der Waals surface area contributed by atoms with Crippen molar-refractivity contribution >= 4 is 0 Å². The topological polar surface area (TPSA) is 23.5 Å². The second-order valence-corrected chi connectivity index (χ2v) is 5.34. The molecule has 3 rings (SSSR count). The lowest BCUT2D eigenvalue weighted by atomic mass is 9.88. The van der Waals surface area contributed by atoms with Crippen molar-refractivity contribution in [3.05, 3.63) is 12.2 Å². The van der Waals surface area contributed by atoms with Crippen LogP contribution in [0.3, 0.4) is 0 Å². The largest absolute Gasteiger partial charge is 0.394 e. The molecule has 1 saturated carbocycles. The highest BCUT2D eigenvalue weighted by Gasteiger charge is 2.60. The van der Waals surface area contributed by atoms with E-state index >= 15 is 0 Å². The number of hydrogen-bond donors (Lipinski definition) is 1. The second-order valence-electron chi connectivity index (χ2n) is 5.34. The van der Waals surface area contributed by atoms with Crippen LogP contribution in [0.2, 0.25) is 0 Å². The van der Waals surface area contributed by atoms with Crippen LogP contribution in [0.15, 0.2) is 12.2 Å². The van der Waals surface area contributed by atoms with E-state index in [2.05, 4.69) is 11.5 Å². The van der Waals surface area contributed by atoms with E-state index in [4.69, 9.17) is 0 Å². The molecule has 0 radical (unpaired) electrons. The number of aliphatic hydroxyl groups excluding tert-OH is 1. The van der Waals surface area contributed by atoms with E-state index in [0.717, 1.165) is 13.0 Å². The molecule has 1 aliphatic carbocycles. The molecule has 0 aromatic heterocycles. The van der Waals surface area contributed by atoms with Crippen LogP contribution < -0.4 is 0 Å². The summed E-state index contributed by atoms with van der Waals surface area (Å²) in [6.07, 6.45) is 5.02. The van der Waals surface area contributed by atoms with Crippen LogP contribution >= 0.6 is 0 Å². The van der Waals surface area contributed by atoms with Crippen molar-refractivity contribution in [2.24, 2.45) is 5.41 Å². The maximum Gasteiger partial charge on any atom is 0.0618 e. The normalized spacial score (nSPS) is 41.5. The molecular weight excluding hydrogens is 162 g/mol. The first kappa shape index (κ1) is 8.01. The van der Waals surface area contributed by atoms with Gasteiger partial charge in [-0.25, -0.2) is 0 Å². The molecule has 1 spiro atoms. The van der Waals surface area contributed by atoms with Crippen LogP contribution in [0.5, 0.6) is 0 Å². The van der Waals surface area contributed by atoms with Crippen LogP contribution in [0.4, 0.5) is 0 Å². The molecule has 2 heteroatoms. The minimum atomic E-state index is 0.105. The lowest BCUT2D eigenvalue weighted by Crippen LogP contribution is -2.41. The summed E-state index contributed by atoms with van der Waals surface area (Å²) in [5.41, 5.74) is 2.03. The number of nitrogens with zero attached hydrogens (tertiary/aromatic N) is 1. The lowest BCUT2D eigenvalue weighted by molar-refractivity contribution is 0.0998. The van der Waals surface area contributed by atoms with Crippen molar-refractivity contribution in [3.8, 4) is 0 Å². The van der Waals surface area contributed by atoms with Crippen molar-refractivity contribution in [1.29, 1.82) is 0 Å². The van der Waals surface area contributed by atoms with E-state index < -0.39 is 0 Å². The lowest BCUT2D eigenvalue weighted by Gasteiger charge is -2.28. The van der Waals surface area contributed by atoms with E-state index in [0.29, 0.717) is 12.0 Å². The van der Waals surface area contributed by atoms with E-state index in [9.17, 15) is 5.11 Å². The molecule has 2 aliphatic heterocycles. The summed E-state index contributed by atoms with van der Waals surface area (Å²) in [6, 6.07) is 0. The zero-order valence-corrected chi connectivity index (χ0v) is 8.05. The predicted molar refractivity (Wildman–Crippen MR) is 51.4 cm³/mol. The fourth-order valence-corrected chi connectivity index (χ4v) is 3.35. The molecule has 0 bridgehead atoms. The predicted octanol–water partition coefficient (Wildman–Crippen LogP) is 1.16. The molecule has 72 valence electrons. The van der Waals surface area contributed by atoms with Crippen LogP contribution in [0.25, 0.3) is 0 Å². The second kappa shape index (κ2) is 2.18. The average Bonchev–Trinajstić information content (AvgIpc) is 2.64. The van der Waals surface area contributed by atoms with Crippen molar-refractivity contribution < 1.29 is 5.11 Å². The Morgan fingerprint density at radius 1 is 1.46 bits per heavy atom. The summed E-state index contributed by atoms with van der Waals surface area (Å²) in [5, 5.41) is 9.52. The summed E-state index contributed by atoms with van der Waals surface area (Å²) in [5.74, 6) is 0. The summed E-state index contributed by atoms with van der Waals surface area (Å²) >= 11 is 0. The van der Waals surface area contributed by atoms with Gasteiger partial charge in [0.05, 0.1) is 6.61 Å². The molecule has 1 N–H and O–H groups in total. The SMILES string of the molecule is C=C1CN2CC3(CC3)CC2(CO)C1. The van der Waals surface area contributed by atoms with Gasteiger partial charge < -0.3 is 5.11 Å². The van der Waals surface area contributed by atoms with Gasteiger partial charge in [0.15, 0.2) is 0 Å². The van der Waals surface area contributed by atoms with E-state index in [-0.39, 0.29) is 5.54 Å². The molecule has 0 aromatic carbocycles. The number of fused-ring (bicyclic) bond motifs is 1. The van der Waals surface area contributed by atoms with Crippen molar-refractivity contribution in [2.45, 2.75) is 31.2 Å². The molecule has 0 aromatic rings. The van der Waals surface area contributed by atoms with Crippen molar-refractivity contribution in [2.75, 3.05) is 19.7 Å². The first-order valence-corrected chi connectivity index (χ1v) is 5.21. The Morgan fingerprint density at radius 3 is 2.77 bits per heavy atom. The van der Waals surface area contributed by atoms with E-state index in [1.165, 1.54) is 31.4 Å². The van der Waals surface area contributed by atoms with Gasteiger partial charge in [0, 0.05) is 18.6 Å². The van der Waals surface area contributed by atoms with E-state index in [1.54, 1.807) is 0 Å². The molecule has 3 aliphatic rings. The number of aliphatic hydroxyl groups is 1. The highest BCUT2D eigenvalue weighted by molar-refractivity contribution is 5.23. The smallest absolute Gasteiger partial charge is 0.0618 e. The van der Waals surface area contributed by atoms with Gasteiger partial charge in [0.2, 0.25) is 0 Å². The van der Waals surface area contributed by atoms with Crippen molar-refractivity contribution in [1.82, 2.24) is 4.90 Å². The maximum absolute atomic E-state index is 9.52. The zero-order valence-electron chi connectivity index (χ0n) is 8.05. The van der Waals surface area contributed by atoms with Gasteiger partial charge in [-0.1, -0.05) is 12.2 Å². The highest BCUT2D eigenvalue weighted by Crippen LogP contribution is 2.60. The summed E-state index contributed by atoms with van der Waals surface area (Å²) in [7, 11) is 0. The van der Waals surface area contributed by atoms with Gasteiger partial charge in [-0.3, -0.25) is 4.90 Å². The molecule has 0 amide bonds. The van der Waals surface area contributed by atoms with Crippen LogP contribution in [0.1, 0.15) is 25.7 Å². The summed E-state index contributed by atoms with van der Waals surface area (Å²) in [4.78, 5) is 2.47. The third-order valence-electron chi connectivity index (χ3n) is 4.15. The van der Waals surface area contributed by atoms with Gasteiger partial charge in [0.25, 0.3) is 0 Å². The maximum atomic E-state index is 9.52. The van der Waals surface area contributed by atoms with Gasteiger partial charge in [-0.05, 0) is 31.1 Å². The molecule has 13 heavy (non-hydrogen) atoms. The van der Waals surface area contributed by atoms with Crippen LogP contribution in [-0.2, 0) is 0 Å². The fraction of sp³-hybridized carbons (Fsp3) is 0.818. The van der Waals surface area contributed by atoms with Crippen molar-refractivity contribution in [3.63, 3.8) is 0 Å². The minimum absolute atomic E-state index is 0.105. The van der Waals surface area contributed by atoms with Gasteiger partial charge in [-0.15, -0.1) is 0 Å². The summed E-state index contributed by atoms with van der Waals surface area (Å²) in [6.45, 7) is 6.62.